The summed E-state index contributed by atoms with van der Waals surface area (Å²) in [7, 11) is 0. The maximum Gasteiger partial charge on any atom is 0.126 e. The van der Waals surface area contributed by atoms with Crippen molar-refractivity contribution < 1.29 is 8.78 Å². The molecule has 1 aromatic carbocycles. The third kappa shape index (κ3) is 2.09. The molecule has 0 radical (unpaired) electrons. The van der Waals surface area contributed by atoms with Crippen LogP contribution in [-0.2, 0) is 6.42 Å². The van der Waals surface area contributed by atoms with Gasteiger partial charge in [0.25, 0.3) is 0 Å². The van der Waals surface area contributed by atoms with Gasteiger partial charge in [0, 0.05) is 23.7 Å². The van der Waals surface area contributed by atoms with E-state index in [2.05, 4.69) is 9.97 Å². The first kappa shape index (κ1) is 10.8. The molecule has 2 rings (SSSR count). The smallest absolute Gasteiger partial charge is 0.126 e. The number of aromatic nitrogens is 2. The third-order valence-corrected chi connectivity index (χ3v) is 2.25. The van der Waals surface area contributed by atoms with Crippen molar-refractivity contribution in [3.05, 3.63) is 41.9 Å². The van der Waals surface area contributed by atoms with Crippen LogP contribution in [0.25, 0.3) is 11.3 Å². The zero-order valence-corrected chi connectivity index (χ0v) is 8.50. The van der Waals surface area contributed by atoms with Crippen LogP contribution in [0, 0.1) is 11.6 Å². The van der Waals surface area contributed by atoms with Crippen LogP contribution in [-0.4, -0.2) is 16.5 Å². The Bertz CT molecular complexity index is 473. The summed E-state index contributed by atoms with van der Waals surface area (Å²) in [5.74, 6) is -1.23. The van der Waals surface area contributed by atoms with Crippen molar-refractivity contribution in [3.63, 3.8) is 0 Å². The van der Waals surface area contributed by atoms with Crippen molar-refractivity contribution in [1.29, 1.82) is 0 Å². The number of hydrogen-bond acceptors (Lipinski definition) is 2. The van der Waals surface area contributed by atoms with Crippen molar-refractivity contribution >= 4 is 0 Å². The number of halogens is 2. The highest BCUT2D eigenvalue weighted by Gasteiger charge is 2.10. The SMILES string of the molecule is NCCc1[nH]cnc1-c1cc(F)cc(F)c1. The predicted molar refractivity (Wildman–Crippen MR) is 56.7 cm³/mol. The van der Waals surface area contributed by atoms with Gasteiger partial charge in [-0.3, -0.25) is 0 Å². The largest absolute Gasteiger partial charge is 0.348 e. The Hall–Kier alpha value is -1.75. The van der Waals surface area contributed by atoms with Gasteiger partial charge >= 0.3 is 0 Å². The second kappa shape index (κ2) is 4.40. The number of nitrogens with one attached hydrogen (secondary N) is 1. The monoisotopic (exact) mass is 223 g/mol. The summed E-state index contributed by atoms with van der Waals surface area (Å²) >= 11 is 0. The first-order chi connectivity index (χ1) is 7.70. The van der Waals surface area contributed by atoms with Crippen LogP contribution in [0.2, 0.25) is 0 Å². The molecule has 0 atom stereocenters. The van der Waals surface area contributed by atoms with E-state index in [-0.39, 0.29) is 0 Å². The van der Waals surface area contributed by atoms with Crippen LogP contribution in [0.1, 0.15) is 5.69 Å². The topological polar surface area (TPSA) is 54.7 Å². The summed E-state index contributed by atoms with van der Waals surface area (Å²) in [4.78, 5) is 6.95. The second-order valence-corrected chi connectivity index (χ2v) is 3.43. The van der Waals surface area contributed by atoms with E-state index in [1.54, 1.807) is 0 Å². The minimum atomic E-state index is -0.614. The molecule has 0 aliphatic heterocycles. The average molecular weight is 223 g/mol. The lowest BCUT2D eigenvalue weighted by Crippen LogP contribution is -2.04. The molecule has 1 aromatic heterocycles. The van der Waals surface area contributed by atoms with Gasteiger partial charge in [0.1, 0.15) is 11.6 Å². The highest BCUT2D eigenvalue weighted by Crippen LogP contribution is 2.22. The number of imidazole rings is 1. The summed E-state index contributed by atoms with van der Waals surface area (Å²) in [5.41, 5.74) is 7.18. The molecule has 0 bridgehead atoms. The average Bonchev–Trinajstić information content (AvgIpc) is 2.65. The first-order valence-electron chi connectivity index (χ1n) is 4.89. The van der Waals surface area contributed by atoms with Crippen molar-refractivity contribution in [2.24, 2.45) is 5.73 Å². The van der Waals surface area contributed by atoms with Crippen LogP contribution in [0.15, 0.2) is 24.5 Å². The molecule has 5 heteroatoms. The lowest BCUT2D eigenvalue weighted by atomic mass is 10.1. The van der Waals surface area contributed by atoms with Gasteiger partial charge in [-0.25, -0.2) is 13.8 Å². The molecule has 1 heterocycles. The van der Waals surface area contributed by atoms with Crippen LogP contribution in [0.4, 0.5) is 8.78 Å². The van der Waals surface area contributed by atoms with Gasteiger partial charge in [-0.05, 0) is 18.7 Å². The molecule has 16 heavy (non-hydrogen) atoms. The maximum absolute atomic E-state index is 13.0. The molecule has 3 nitrogen and oxygen atoms in total. The molecule has 84 valence electrons. The normalized spacial score (nSPS) is 10.7. The zero-order chi connectivity index (χ0) is 11.5. The Labute approximate surface area is 91.3 Å². The van der Waals surface area contributed by atoms with Crippen molar-refractivity contribution in [2.45, 2.75) is 6.42 Å². The third-order valence-electron chi connectivity index (χ3n) is 2.25. The van der Waals surface area contributed by atoms with Crippen LogP contribution < -0.4 is 5.73 Å². The molecule has 2 aromatic rings. The molecular weight excluding hydrogens is 212 g/mol. The lowest BCUT2D eigenvalue weighted by molar-refractivity contribution is 0.584. The molecule has 0 unspecified atom stereocenters. The highest BCUT2D eigenvalue weighted by atomic mass is 19.1. The number of rotatable bonds is 3. The number of H-pyrrole nitrogens is 1. The van der Waals surface area contributed by atoms with Gasteiger partial charge in [0.05, 0.1) is 12.0 Å². The van der Waals surface area contributed by atoms with E-state index in [1.807, 2.05) is 0 Å². The molecule has 0 saturated carbocycles. The van der Waals surface area contributed by atoms with Crippen molar-refractivity contribution in [2.75, 3.05) is 6.54 Å². The number of benzene rings is 1. The summed E-state index contributed by atoms with van der Waals surface area (Å²) in [6, 6.07) is 3.33. The summed E-state index contributed by atoms with van der Waals surface area (Å²) < 4.78 is 26.1. The fraction of sp³-hybridized carbons (Fsp3) is 0.182. The number of nitrogens with zero attached hydrogens (tertiary/aromatic N) is 1. The summed E-state index contributed by atoms with van der Waals surface area (Å²) in [6.07, 6.45) is 2.08. The van der Waals surface area contributed by atoms with E-state index in [1.165, 1.54) is 18.5 Å². The fourth-order valence-corrected chi connectivity index (χ4v) is 1.60. The number of nitrogens with two attached hydrogens (primary N) is 1. The Morgan fingerprint density at radius 2 is 1.88 bits per heavy atom. The highest BCUT2D eigenvalue weighted by molar-refractivity contribution is 5.61. The molecule has 0 aliphatic rings. The Balaban J connectivity index is 2.45. The fourth-order valence-electron chi connectivity index (χ4n) is 1.60. The maximum atomic E-state index is 13.0. The van der Waals surface area contributed by atoms with Crippen molar-refractivity contribution in [3.8, 4) is 11.3 Å². The molecule has 0 amide bonds. The Kier molecular flexibility index (Phi) is 2.96. The molecule has 0 fully saturated rings. The van der Waals surface area contributed by atoms with Gasteiger partial charge in [-0.15, -0.1) is 0 Å². The predicted octanol–water partition coefficient (Wildman–Crippen LogP) is 1.86. The first-order valence-corrected chi connectivity index (χ1v) is 4.89. The van der Waals surface area contributed by atoms with E-state index in [0.29, 0.717) is 24.2 Å². The van der Waals surface area contributed by atoms with Crippen LogP contribution in [0.3, 0.4) is 0 Å². The quantitative estimate of drug-likeness (QED) is 0.834. The van der Waals surface area contributed by atoms with E-state index >= 15 is 0 Å². The van der Waals surface area contributed by atoms with Gasteiger partial charge < -0.3 is 10.7 Å². The number of aromatic amines is 1. The summed E-state index contributed by atoms with van der Waals surface area (Å²) in [6.45, 7) is 0.451. The number of hydrogen-bond donors (Lipinski definition) is 2. The summed E-state index contributed by atoms with van der Waals surface area (Å²) in [5, 5.41) is 0. The van der Waals surface area contributed by atoms with Crippen molar-refractivity contribution in [1.82, 2.24) is 9.97 Å². The van der Waals surface area contributed by atoms with Crippen LogP contribution >= 0.6 is 0 Å². The second-order valence-electron chi connectivity index (χ2n) is 3.43. The van der Waals surface area contributed by atoms with E-state index in [0.717, 1.165) is 11.8 Å². The Morgan fingerprint density at radius 3 is 2.50 bits per heavy atom. The molecule has 3 N–H and O–H groups in total. The van der Waals surface area contributed by atoms with Gasteiger partial charge in [0.2, 0.25) is 0 Å². The van der Waals surface area contributed by atoms with Gasteiger partial charge in [0.15, 0.2) is 0 Å². The van der Waals surface area contributed by atoms with Gasteiger partial charge in [-0.1, -0.05) is 0 Å². The van der Waals surface area contributed by atoms with Crippen LogP contribution in [0.5, 0.6) is 0 Å². The minimum absolute atomic E-state index is 0.419. The molecule has 0 aliphatic carbocycles. The minimum Gasteiger partial charge on any atom is -0.348 e. The Morgan fingerprint density at radius 1 is 1.19 bits per heavy atom. The van der Waals surface area contributed by atoms with E-state index in [9.17, 15) is 8.78 Å². The molecular formula is C11H11F2N3. The zero-order valence-electron chi connectivity index (χ0n) is 8.50. The molecule has 0 saturated heterocycles. The van der Waals surface area contributed by atoms with E-state index < -0.39 is 11.6 Å². The van der Waals surface area contributed by atoms with E-state index in [4.69, 9.17) is 5.73 Å². The standard InChI is InChI=1S/C11H11F2N3/c12-8-3-7(4-9(13)5-8)11-10(1-2-14)15-6-16-11/h3-6H,1-2,14H2,(H,15,16). The van der Waals surface area contributed by atoms with Gasteiger partial charge in [-0.2, -0.15) is 0 Å². The lowest BCUT2D eigenvalue weighted by Gasteiger charge is -2.02. The molecule has 0 spiro atoms.